The first-order valence-corrected chi connectivity index (χ1v) is 8.36. The van der Waals surface area contributed by atoms with Crippen molar-refractivity contribution >= 4 is 12.8 Å². The van der Waals surface area contributed by atoms with Crippen LogP contribution in [0.2, 0.25) is 0 Å². The first kappa shape index (κ1) is 17.2. The van der Waals surface area contributed by atoms with Gasteiger partial charge in [-0.05, 0) is 27.7 Å². The van der Waals surface area contributed by atoms with Crippen LogP contribution in [0.25, 0.3) is 0 Å². The maximum Gasteiger partial charge on any atom is 0.210 e. The van der Waals surface area contributed by atoms with Crippen molar-refractivity contribution < 1.29 is 9.59 Å². The van der Waals surface area contributed by atoms with Crippen molar-refractivity contribution in [3.63, 3.8) is 0 Å². The van der Waals surface area contributed by atoms with Crippen LogP contribution in [0.3, 0.4) is 0 Å². The van der Waals surface area contributed by atoms with Crippen LogP contribution in [0.4, 0.5) is 0 Å². The predicted molar refractivity (Wildman–Crippen MR) is 86.5 cm³/mol. The first-order valence-electron chi connectivity index (χ1n) is 8.36. The summed E-state index contributed by atoms with van der Waals surface area (Å²) in [5, 5.41) is 0. The second kappa shape index (κ2) is 7.42. The third-order valence-corrected chi connectivity index (χ3v) is 5.27. The molecule has 6 heteroatoms. The molecule has 0 aromatic carbocycles. The Hall–Kier alpha value is -1.14. The van der Waals surface area contributed by atoms with E-state index >= 15 is 0 Å². The molecule has 0 bridgehead atoms. The van der Waals surface area contributed by atoms with Crippen molar-refractivity contribution in [3.8, 4) is 0 Å². The lowest BCUT2D eigenvalue weighted by molar-refractivity contribution is -0.125. The van der Waals surface area contributed by atoms with Gasteiger partial charge >= 0.3 is 0 Å². The number of nitrogens with zero attached hydrogens (tertiary/aromatic N) is 4. The van der Waals surface area contributed by atoms with Crippen LogP contribution in [0, 0.1) is 0 Å². The van der Waals surface area contributed by atoms with Gasteiger partial charge in [0.15, 0.2) is 0 Å². The van der Waals surface area contributed by atoms with Gasteiger partial charge in [-0.25, -0.2) is 0 Å². The molecule has 2 aliphatic heterocycles. The summed E-state index contributed by atoms with van der Waals surface area (Å²) in [5.41, 5.74) is 0. The van der Waals surface area contributed by atoms with Crippen LogP contribution in [0.15, 0.2) is 0 Å². The van der Waals surface area contributed by atoms with Crippen molar-refractivity contribution in [1.82, 2.24) is 19.6 Å². The molecule has 2 fully saturated rings. The fourth-order valence-electron chi connectivity index (χ4n) is 3.62. The topological polar surface area (TPSA) is 47.1 Å². The van der Waals surface area contributed by atoms with E-state index in [-0.39, 0.29) is 12.1 Å². The van der Waals surface area contributed by atoms with E-state index in [1.807, 2.05) is 9.80 Å². The molecular formula is C16H30N4O2. The number of rotatable bonds is 5. The van der Waals surface area contributed by atoms with Crippen molar-refractivity contribution in [2.75, 3.05) is 39.3 Å². The minimum atomic E-state index is 0.289. The summed E-state index contributed by atoms with van der Waals surface area (Å²) in [6.07, 6.45) is 1.95. The van der Waals surface area contributed by atoms with Crippen LogP contribution < -0.4 is 0 Å². The summed E-state index contributed by atoms with van der Waals surface area (Å²) in [4.78, 5) is 30.8. The van der Waals surface area contributed by atoms with E-state index in [0.29, 0.717) is 12.1 Å². The average molecular weight is 310 g/mol. The van der Waals surface area contributed by atoms with E-state index in [1.165, 1.54) is 0 Å². The molecular weight excluding hydrogens is 280 g/mol. The molecule has 126 valence electrons. The van der Waals surface area contributed by atoms with E-state index in [0.717, 1.165) is 52.1 Å². The zero-order chi connectivity index (χ0) is 16.3. The molecule has 2 saturated heterocycles. The monoisotopic (exact) mass is 310 g/mol. The molecule has 0 aliphatic carbocycles. The second-order valence-corrected chi connectivity index (χ2v) is 6.99. The van der Waals surface area contributed by atoms with Crippen LogP contribution >= 0.6 is 0 Å². The number of carbonyl (C=O) groups excluding carboxylic acids is 2. The molecule has 0 N–H and O–H groups in total. The summed E-state index contributed by atoms with van der Waals surface area (Å²) in [6.45, 7) is 14.2. The Balaban J connectivity index is 1.85. The van der Waals surface area contributed by atoms with Crippen LogP contribution in [-0.2, 0) is 9.59 Å². The Labute approximate surface area is 134 Å². The third kappa shape index (κ3) is 3.79. The molecule has 0 aromatic rings. The Morgan fingerprint density at radius 3 is 1.36 bits per heavy atom. The first-order chi connectivity index (χ1) is 10.5. The second-order valence-electron chi connectivity index (χ2n) is 6.99. The van der Waals surface area contributed by atoms with Crippen LogP contribution in [0.1, 0.15) is 27.7 Å². The zero-order valence-corrected chi connectivity index (χ0v) is 14.3. The van der Waals surface area contributed by atoms with E-state index in [1.54, 1.807) is 0 Å². The Morgan fingerprint density at radius 2 is 1.05 bits per heavy atom. The SMILES string of the molecule is C[C@@H]1CN(CCN2C[C@H](C)N(C=O)C[C@@H]2C)[C@H](C)CN1C=O. The molecule has 6 nitrogen and oxygen atoms in total. The Morgan fingerprint density at radius 1 is 0.682 bits per heavy atom. The number of amides is 2. The Kier molecular flexibility index (Phi) is 5.81. The third-order valence-electron chi connectivity index (χ3n) is 5.27. The highest BCUT2D eigenvalue weighted by Gasteiger charge is 2.31. The van der Waals surface area contributed by atoms with Crippen LogP contribution in [0.5, 0.6) is 0 Å². The van der Waals surface area contributed by atoms with Gasteiger partial charge in [0.2, 0.25) is 12.8 Å². The highest BCUT2D eigenvalue weighted by molar-refractivity contribution is 5.48. The minimum absolute atomic E-state index is 0.289. The highest BCUT2D eigenvalue weighted by Crippen LogP contribution is 2.16. The molecule has 2 rings (SSSR count). The van der Waals surface area contributed by atoms with E-state index in [2.05, 4.69) is 37.5 Å². The summed E-state index contributed by atoms with van der Waals surface area (Å²) in [5.74, 6) is 0. The van der Waals surface area contributed by atoms with Gasteiger partial charge in [-0.2, -0.15) is 0 Å². The summed E-state index contributed by atoms with van der Waals surface area (Å²) >= 11 is 0. The van der Waals surface area contributed by atoms with Gasteiger partial charge in [0.25, 0.3) is 0 Å². The molecule has 2 aliphatic rings. The molecule has 0 unspecified atom stereocenters. The molecule has 0 spiro atoms. The lowest BCUT2D eigenvalue weighted by Crippen LogP contribution is -2.59. The molecule has 2 heterocycles. The fourth-order valence-corrected chi connectivity index (χ4v) is 3.62. The fraction of sp³-hybridized carbons (Fsp3) is 0.875. The zero-order valence-electron chi connectivity index (χ0n) is 14.3. The van der Waals surface area contributed by atoms with Gasteiger partial charge in [-0.1, -0.05) is 0 Å². The minimum Gasteiger partial charge on any atom is -0.340 e. The van der Waals surface area contributed by atoms with Gasteiger partial charge < -0.3 is 9.80 Å². The van der Waals surface area contributed by atoms with Crippen molar-refractivity contribution in [1.29, 1.82) is 0 Å². The molecule has 2 amide bonds. The standard InChI is InChI=1S/C16H30N4O2/c1-13-9-19(11-21)15(3)7-17(13)5-6-18-8-16(4)20(12-22)10-14(18)2/h11-16H,5-10H2,1-4H3/t13-,14+,15-,16+. The lowest BCUT2D eigenvalue weighted by atomic mass is 10.1. The molecule has 22 heavy (non-hydrogen) atoms. The van der Waals surface area contributed by atoms with E-state index in [9.17, 15) is 9.59 Å². The summed E-state index contributed by atoms with van der Waals surface area (Å²) < 4.78 is 0. The van der Waals surface area contributed by atoms with Gasteiger partial charge in [0, 0.05) is 63.4 Å². The quantitative estimate of drug-likeness (QED) is 0.675. The van der Waals surface area contributed by atoms with Gasteiger partial charge in [-0.3, -0.25) is 19.4 Å². The summed E-state index contributed by atoms with van der Waals surface area (Å²) in [6, 6.07) is 1.39. The van der Waals surface area contributed by atoms with Crippen molar-refractivity contribution in [2.45, 2.75) is 51.9 Å². The molecule has 4 atom stereocenters. The Bertz CT molecular complexity index is 356. The van der Waals surface area contributed by atoms with Crippen molar-refractivity contribution in [3.05, 3.63) is 0 Å². The molecule has 0 aromatic heterocycles. The summed E-state index contributed by atoms with van der Waals surface area (Å²) in [7, 11) is 0. The maximum atomic E-state index is 11.0. The van der Waals surface area contributed by atoms with E-state index in [4.69, 9.17) is 0 Å². The van der Waals surface area contributed by atoms with Gasteiger partial charge in [0.1, 0.15) is 0 Å². The lowest BCUT2D eigenvalue weighted by Gasteiger charge is -2.46. The van der Waals surface area contributed by atoms with Crippen LogP contribution in [-0.4, -0.2) is 95.9 Å². The number of piperazine rings is 2. The van der Waals surface area contributed by atoms with E-state index < -0.39 is 0 Å². The maximum absolute atomic E-state index is 11.0. The normalized spacial score (nSPS) is 34.7. The number of hydrogen-bond acceptors (Lipinski definition) is 4. The largest absolute Gasteiger partial charge is 0.340 e. The number of carbonyl (C=O) groups is 2. The number of hydrogen-bond donors (Lipinski definition) is 0. The molecule has 0 radical (unpaired) electrons. The molecule has 0 saturated carbocycles. The highest BCUT2D eigenvalue weighted by atomic mass is 16.1. The average Bonchev–Trinajstić information content (AvgIpc) is 2.50. The van der Waals surface area contributed by atoms with Gasteiger partial charge in [-0.15, -0.1) is 0 Å². The van der Waals surface area contributed by atoms with Gasteiger partial charge in [0.05, 0.1) is 0 Å². The van der Waals surface area contributed by atoms with Crippen molar-refractivity contribution in [2.24, 2.45) is 0 Å². The smallest absolute Gasteiger partial charge is 0.210 e. The predicted octanol–water partition coefficient (Wildman–Crippen LogP) is 0.0884.